The first kappa shape index (κ1) is 13.5. The zero-order valence-corrected chi connectivity index (χ0v) is 12.2. The summed E-state index contributed by atoms with van der Waals surface area (Å²) in [5.41, 5.74) is 8.10. The second-order valence-electron chi connectivity index (χ2n) is 5.25. The van der Waals surface area contributed by atoms with Crippen molar-refractivity contribution in [2.24, 2.45) is 5.73 Å². The third kappa shape index (κ3) is 2.67. The van der Waals surface area contributed by atoms with Crippen LogP contribution >= 0.6 is 11.3 Å². The molecule has 1 aromatic carbocycles. The fourth-order valence-corrected chi connectivity index (χ4v) is 3.27. The first-order chi connectivity index (χ1) is 9.78. The Labute approximate surface area is 122 Å². The van der Waals surface area contributed by atoms with Gasteiger partial charge in [0.15, 0.2) is 0 Å². The fourth-order valence-electron chi connectivity index (χ4n) is 2.48. The molecular formula is C16H18N2OS. The lowest BCUT2D eigenvalue weighted by atomic mass is 9.79. The highest BCUT2D eigenvalue weighted by Gasteiger charge is 2.21. The molecule has 104 valence electrons. The number of thiazole rings is 1. The van der Waals surface area contributed by atoms with Gasteiger partial charge in [-0.25, -0.2) is 4.98 Å². The van der Waals surface area contributed by atoms with Crippen LogP contribution in [0, 0.1) is 0 Å². The van der Waals surface area contributed by atoms with Gasteiger partial charge < -0.3 is 5.73 Å². The third-order valence-corrected chi connectivity index (χ3v) is 4.78. The first-order valence-corrected chi connectivity index (χ1v) is 7.95. The van der Waals surface area contributed by atoms with E-state index in [2.05, 4.69) is 11.1 Å². The van der Waals surface area contributed by atoms with Crippen LogP contribution in [0.25, 0.3) is 0 Å². The maximum atomic E-state index is 12.5. The van der Waals surface area contributed by atoms with Gasteiger partial charge in [0.25, 0.3) is 0 Å². The van der Waals surface area contributed by atoms with E-state index in [4.69, 9.17) is 5.73 Å². The van der Waals surface area contributed by atoms with Crippen molar-refractivity contribution in [3.63, 3.8) is 0 Å². The molecule has 0 bridgehead atoms. The largest absolute Gasteiger partial charge is 0.330 e. The minimum atomic E-state index is 0.0192. The lowest BCUT2D eigenvalue weighted by Gasteiger charge is -2.25. The highest BCUT2D eigenvalue weighted by atomic mass is 32.1. The van der Waals surface area contributed by atoms with Crippen LogP contribution in [0.15, 0.2) is 29.6 Å². The van der Waals surface area contributed by atoms with E-state index in [0.717, 1.165) is 17.0 Å². The number of hydrogen-bond acceptors (Lipinski definition) is 4. The van der Waals surface area contributed by atoms with Gasteiger partial charge in [0.2, 0.25) is 5.78 Å². The molecule has 1 heterocycles. The number of ketones is 1. The van der Waals surface area contributed by atoms with Crippen LogP contribution < -0.4 is 5.73 Å². The van der Waals surface area contributed by atoms with Crippen molar-refractivity contribution >= 4 is 17.1 Å². The average Bonchev–Trinajstić information content (AvgIpc) is 2.85. The maximum Gasteiger partial charge on any atom is 0.212 e. The Morgan fingerprint density at radius 3 is 2.95 bits per heavy atom. The minimum absolute atomic E-state index is 0.0192. The summed E-state index contributed by atoms with van der Waals surface area (Å²) in [7, 11) is 0. The van der Waals surface area contributed by atoms with Gasteiger partial charge in [0.1, 0.15) is 5.69 Å². The van der Waals surface area contributed by atoms with Crippen molar-refractivity contribution in [2.75, 3.05) is 6.54 Å². The number of nitrogens with two attached hydrogens (primary N) is 1. The van der Waals surface area contributed by atoms with Gasteiger partial charge in [-0.1, -0.05) is 24.6 Å². The molecule has 1 aliphatic carbocycles. The topological polar surface area (TPSA) is 56.0 Å². The Hall–Kier alpha value is -1.52. The first-order valence-electron chi connectivity index (χ1n) is 7.07. The molecule has 0 aliphatic heterocycles. The molecule has 1 fully saturated rings. The Morgan fingerprint density at radius 2 is 2.25 bits per heavy atom. The van der Waals surface area contributed by atoms with Crippen LogP contribution in [-0.4, -0.2) is 17.3 Å². The standard InChI is InChI=1S/C16H18N2OS/c17-8-7-15-18-14(10-20-15)16(19)13-6-2-5-12(9-13)11-3-1-4-11/h2,5-6,9-11H,1,3-4,7-8,17H2. The zero-order valence-electron chi connectivity index (χ0n) is 11.3. The molecule has 0 amide bonds. The van der Waals surface area contributed by atoms with E-state index in [1.807, 2.05) is 23.6 Å². The molecule has 4 heteroatoms. The molecule has 2 N–H and O–H groups in total. The number of carbonyl (C=O) groups is 1. The van der Waals surface area contributed by atoms with Crippen molar-refractivity contribution in [1.82, 2.24) is 4.98 Å². The molecule has 2 aromatic rings. The molecule has 0 radical (unpaired) electrons. The van der Waals surface area contributed by atoms with Crippen molar-refractivity contribution in [1.29, 1.82) is 0 Å². The quantitative estimate of drug-likeness (QED) is 0.859. The Kier molecular flexibility index (Phi) is 3.94. The molecule has 1 aromatic heterocycles. The third-order valence-electron chi connectivity index (χ3n) is 3.87. The molecule has 1 saturated carbocycles. The molecule has 3 rings (SSSR count). The molecule has 1 aliphatic rings. The SMILES string of the molecule is NCCc1nc(C(=O)c2cccc(C3CCC3)c2)cs1. The Bertz CT molecular complexity index is 616. The van der Waals surface area contributed by atoms with Crippen molar-refractivity contribution in [2.45, 2.75) is 31.6 Å². The van der Waals surface area contributed by atoms with Gasteiger partial charge in [0, 0.05) is 17.4 Å². The van der Waals surface area contributed by atoms with Gasteiger partial charge in [-0.3, -0.25) is 4.79 Å². The molecular weight excluding hydrogens is 268 g/mol. The number of carbonyl (C=O) groups excluding carboxylic acids is 1. The lowest BCUT2D eigenvalue weighted by molar-refractivity contribution is 0.103. The van der Waals surface area contributed by atoms with Crippen molar-refractivity contribution in [3.8, 4) is 0 Å². The molecule has 0 saturated heterocycles. The Morgan fingerprint density at radius 1 is 1.40 bits per heavy atom. The zero-order chi connectivity index (χ0) is 13.9. The Balaban J connectivity index is 1.81. The predicted molar refractivity (Wildman–Crippen MR) is 81.3 cm³/mol. The minimum Gasteiger partial charge on any atom is -0.330 e. The van der Waals surface area contributed by atoms with Crippen LogP contribution in [0.2, 0.25) is 0 Å². The van der Waals surface area contributed by atoms with Gasteiger partial charge in [-0.05, 0) is 36.9 Å². The summed E-state index contributed by atoms with van der Waals surface area (Å²) in [6.45, 7) is 0.568. The molecule has 20 heavy (non-hydrogen) atoms. The monoisotopic (exact) mass is 286 g/mol. The van der Waals surface area contributed by atoms with E-state index in [1.54, 1.807) is 0 Å². The van der Waals surface area contributed by atoms with Gasteiger partial charge >= 0.3 is 0 Å². The number of aromatic nitrogens is 1. The summed E-state index contributed by atoms with van der Waals surface area (Å²) in [4.78, 5) is 16.8. The van der Waals surface area contributed by atoms with Gasteiger partial charge in [-0.2, -0.15) is 0 Å². The normalized spacial score (nSPS) is 15.1. The number of nitrogens with zero attached hydrogens (tertiary/aromatic N) is 1. The second-order valence-corrected chi connectivity index (χ2v) is 6.19. The highest BCUT2D eigenvalue weighted by Crippen LogP contribution is 2.36. The number of hydrogen-bond donors (Lipinski definition) is 1. The summed E-state index contributed by atoms with van der Waals surface area (Å²) < 4.78 is 0. The molecule has 0 atom stereocenters. The van der Waals surface area contributed by atoms with Gasteiger partial charge in [0.05, 0.1) is 5.01 Å². The van der Waals surface area contributed by atoms with E-state index in [-0.39, 0.29) is 5.78 Å². The van der Waals surface area contributed by atoms with Crippen molar-refractivity contribution in [3.05, 3.63) is 51.5 Å². The summed E-state index contributed by atoms with van der Waals surface area (Å²) in [5.74, 6) is 0.664. The maximum absolute atomic E-state index is 12.5. The molecule has 3 nitrogen and oxygen atoms in total. The lowest BCUT2D eigenvalue weighted by Crippen LogP contribution is -2.10. The predicted octanol–water partition coefficient (Wildman–Crippen LogP) is 3.14. The highest BCUT2D eigenvalue weighted by molar-refractivity contribution is 7.09. The van der Waals surface area contributed by atoms with Crippen LogP contribution in [0.5, 0.6) is 0 Å². The van der Waals surface area contributed by atoms with E-state index in [1.165, 1.54) is 36.2 Å². The van der Waals surface area contributed by atoms with Crippen LogP contribution in [-0.2, 0) is 6.42 Å². The van der Waals surface area contributed by atoms with Crippen LogP contribution in [0.3, 0.4) is 0 Å². The molecule has 0 unspecified atom stereocenters. The summed E-state index contributed by atoms with van der Waals surface area (Å²) in [6.07, 6.45) is 4.53. The average molecular weight is 286 g/mol. The van der Waals surface area contributed by atoms with Crippen LogP contribution in [0.4, 0.5) is 0 Å². The van der Waals surface area contributed by atoms with Crippen LogP contribution in [0.1, 0.15) is 51.8 Å². The van der Waals surface area contributed by atoms with E-state index in [0.29, 0.717) is 18.2 Å². The molecule has 0 spiro atoms. The van der Waals surface area contributed by atoms with Crippen molar-refractivity contribution < 1.29 is 4.79 Å². The summed E-state index contributed by atoms with van der Waals surface area (Å²) in [5, 5.41) is 2.77. The summed E-state index contributed by atoms with van der Waals surface area (Å²) >= 11 is 1.51. The smallest absolute Gasteiger partial charge is 0.212 e. The van der Waals surface area contributed by atoms with Gasteiger partial charge in [-0.15, -0.1) is 11.3 Å². The summed E-state index contributed by atoms with van der Waals surface area (Å²) in [6, 6.07) is 8.02. The second kappa shape index (κ2) is 5.85. The fraction of sp³-hybridized carbons (Fsp3) is 0.375. The number of rotatable bonds is 5. The van der Waals surface area contributed by atoms with E-state index in [9.17, 15) is 4.79 Å². The van der Waals surface area contributed by atoms with E-state index < -0.39 is 0 Å². The van der Waals surface area contributed by atoms with E-state index >= 15 is 0 Å². The number of benzene rings is 1.